The number of alkyl halides is 6. The fraction of sp³-hybridized carbons (Fsp3) is 0.320. The van der Waals surface area contributed by atoms with E-state index in [9.17, 15) is 41.0 Å². The second-order valence-electron chi connectivity index (χ2n) is 8.95. The maximum Gasteiger partial charge on any atom is 0.416 e. The number of methoxy groups -OCH3 is 1. The molecule has 17 heteroatoms. The van der Waals surface area contributed by atoms with E-state index in [2.05, 4.69) is 19.9 Å². The third kappa shape index (κ3) is 6.99. The molecule has 0 spiro atoms. The number of hydrogen-bond donors (Lipinski definition) is 1. The van der Waals surface area contributed by atoms with Crippen LogP contribution in [0.2, 0.25) is 5.02 Å². The zero-order chi connectivity index (χ0) is 30.8. The molecule has 0 amide bonds. The molecule has 0 saturated heterocycles. The molecule has 2 aromatic heterocycles. The van der Waals surface area contributed by atoms with Crippen LogP contribution in [-0.4, -0.2) is 59.6 Å². The maximum atomic E-state index is 13.5. The van der Waals surface area contributed by atoms with Gasteiger partial charge < -0.3 is 9.84 Å². The van der Waals surface area contributed by atoms with Gasteiger partial charge in [0.05, 0.1) is 19.2 Å². The first-order valence-corrected chi connectivity index (χ1v) is 12.4. The van der Waals surface area contributed by atoms with Crippen LogP contribution in [0.15, 0.2) is 53.3 Å². The Bertz CT molecular complexity index is 1630. The van der Waals surface area contributed by atoms with Gasteiger partial charge in [-0.05, 0) is 35.9 Å². The van der Waals surface area contributed by atoms with Gasteiger partial charge in [0.1, 0.15) is 18.9 Å². The van der Waals surface area contributed by atoms with Crippen LogP contribution in [0.25, 0.3) is 11.4 Å². The highest BCUT2D eigenvalue weighted by molar-refractivity contribution is 6.30. The number of carbonyl (C=O) groups is 1. The van der Waals surface area contributed by atoms with Crippen LogP contribution < -0.4 is 5.69 Å². The average molecular weight is 619 g/mol. The molecule has 1 unspecified atom stereocenters. The topological polar surface area (TPSA) is 117 Å². The third-order valence-electron chi connectivity index (χ3n) is 6.02. The van der Waals surface area contributed by atoms with Crippen LogP contribution in [0.1, 0.15) is 22.8 Å². The second kappa shape index (κ2) is 12.0. The minimum absolute atomic E-state index is 0.120. The Balaban J connectivity index is 1.76. The SMILES string of the molecule is COC(=O)Cn1nc(Cc2ccccc2C(F)(F)F)nc1Cn1nc(-c2ccc(Cl)cc2)n(CC(O)C(F)(F)F)c1=O. The van der Waals surface area contributed by atoms with Crippen molar-refractivity contribution in [2.45, 2.75) is 44.5 Å². The molecule has 224 valence electrons. The summed E-state index contributed by atoms with van der Waals surface area (Å²) < 4.78 is 86.9. The van der Waals surface area contributed by atoms with Gasteiger partial charge in [-0.25, -0.2) is 19.1 Å². The van der Waals surface area contributed by atoms with Gasteiger partial charge in [0, 0.05) is 17.0 Å². The maximum absolute atomic E-state index is 13.5. The van der Waals surface area contributed by atoms with E-state index in [0.29, 0.717) is 9.59 Å². The number of aliphatic hydroxyl groups excluding tert-OH is 1. The van der Waals surface area contributed by atoms with Crippen molar-refractivity contribution in [3.05, 3.63) is 86.8 Å². The number of hydrogen-bond acceptors (Lipinski definition) is 7. The Hall–Kier alpha value is -4.18. The zero-order valence-corrected chi connectivity index (χ0v) is 22.3. The van der Waals surface area contributed by atoms with Crippen LogP contribution in [0.3, 0.4) is 0 Å². The fourth-order valence-electron chi connectivity index (χ4n) is 3.98. The molecule has 0 aliphatic heterocycles. The molecule has 1 atom stereocenters. The number of nitrogens with zero attached hydrogens (tertiary/aromatic N) is 6. The van der Waals surface area contributed by atoms with Gasteiger partial charge in [-0.15, -0.1) is 5.10 Å². The monoisotopic (exact) mass is 618 g/mol. The molecular formula is C25H21ClF6N6O4. The van der Waals surface area contributed by atoms with Crippen molar-refractivity contribution < 1.29 is 41.0 Å². The van der Waals surface area contributed by atoms with Crippen LogP contribution in [0.4, 0.5) is 26.3 Å². The van der Waals surface area contributed by atoms with Gasteiger partial charge in [-0.1, -0.05) is 29.8 Å². The highest BCUT2D eigenvalue weighted by Gasteiger charge is 2.39. The van der Waals surface area contributed by atoms with Crippen LogP contribution in [-0.2, 0) is 41.8 Å². The Morgan fingerprint density at radius 3 is 2.31 bits per heavy atom. The molecule has 0 fully saturated rings. The normalized spacial score (nSPS) is 12.9. The van der Waals surface area contributed by atoms with Crippen molar-refractivity contribution in [2.24, 2.45) is 0 Å². The van der Waals surface area contributed by atoms with Crippen molar-refractivity contribution >= 4 is 17.6 Å². The number of rotatable bonds is 9. The van der Waals surface area contributed by atoms with Gasteiger partial charge in [0.2, 0.25) is 0 Å². The standard InChI is InChI=1S/C25H21ClF6N6O4/c1-42-21(40)13-37-20(33-19(34-37)10-15-4-2-3-5-17(15)24(27,28)29)12-38-23(41)36(11-18(39)25(30,31)32)22(35-38)14-6-8-16(26)9-7-14/h2-9,18,39H,10-13H2,1H3. The molecule has 0 aliphatic carbocycles. The van der Waals surface area contributed by atoms with E-state index < -0.39 is 61.7 Å². The van der Waals surface area contributed by atoms with Crippen molar-refractivity contribution in [1.29, 1.82) is 0 Å². The van der Waals surface area contributed by atoms with Gasteiger partial charge in [0.25, 0.3) is 0 Å². The molecule has 2 heterocycles. The average Bonchev–Trinajstić information content (AvgIpc) is 3.43. The Labute approximate surface area is 237 Å². The Morgan fingerprint density at radius 2 is 1.69 bits per heavy atom. The van der Waals surface area contributed by atoms with E-state index in [1.165, 1.54) is 42.5 Å². The molecule has 0 saturated carbocycles. The summed E-state index contributed by atoms with van der Waals surface area (Å²) in [6.07, 6.45) is -13.0. The molecule has 4 rings (SSSR count). The van der Waals surface area contributed by atoms with E-state index in [4.69, 9.17) is 11.6 Å². The second-order valence-corrected chi connectivity index (χ2v) is 9.38. The molecule has 0 aliphatic rings. The molecule has 1 N–H and O–H groups in total. The number of ether oxygens (including phenoxy) is 1. The number of aliphatic hydroxyl groups is 1. The molecule has 0 bridgehead atoms. The summed E-state index contributed by atoms with van der Waals surface area (Å²) in [6, 6.07) is 10.4. The number of halogens is 7. The van der Waals surface area contributed by atoms with E-state index in [0.717, 1.165) is 22.5 Å². The molecule has 42 heavy (non-hydrogen) atoms. The summed E-state index contributed by atoms with van der Waals surface area (Å²) in [6.45, 7) is -2.26. The van der Waals surface area contributed by atoms with Gasteiger partial charge in [0.15, 0.2) is 17.8 Å². The summed E-state index contributed by atoms with van der Waals surface area (Å²) in [5.74, 6) is -1.29. The lowest BCUT2D eigenvalue weighted by atomic mass is 10.0. The first-order chi connectivity index (χ1) is 19.7. The minimum atomic E-state index is -5.04. The highest BCUT2D eigenvalue weighted by Crippen LogP contribution is 2.32. The smallest absolute Gasteiger partial charge is 0.416 e. The van der Waals surface area contributed by atoms with Crippen molar-refractivity contribution in [2.75, 3.05) is 7.11 Å². The first kappa shape index (κ1) is 30.8. The quantitative estimate of drug-likeness (QED) is 0.225. The van der Waals surface area contributed by atoms with E-state index in [-0.39, 0.29) is 28.6 Å². The molecular weight excluding hydrogens is 598 g/mol. The zero-order valence-electron chi connectivity index (χ0n) is 21.5. The van der Waals surface area contributed by atoms with Crippen LogP contribution in [0, 0.1) is 0 Å². The summed E-state index contributed by atoms with van der Waals surface area (Å²) in [5, 5.41) is 18.2. The van der Waals surface area contributed by atoms with E-state index >= 15 is 0 Å². The number of esters is 1. The van der Waals surface area contributed by atoms with Crippen LogP contribution in [0.5, 0.6) is 0 Å². The van der Waals surface area contributed by atoms with E-state index in [1.807, 2.05) is 0 Å². The van der Waals surface area contributed by atoms with Crippen LogP contribution >= 0.6 is 11.6 Å². The van der Waals surface area contributed by atoms with E-state index in [1.54, 1.807) is 0 Å². The lowest BCUT2D eigenvalue weighted by Crippen LogP contribution is -2.37. The predicted octanol–water partition coefficient (Wildman–Crippen LogP) is 3.71. The molecule has 4 aromatic rings. The summed E-state index contributed by atoms with van der Waals surface area (Å²) >= 11 is 5.89. The van der Waals surface area contributed by atoms with Crippen molar-refractivity contribution in [3.63, 3.8) is 0 Å². The molecule has 2 aromatic carbocycles. The Morgan fingerprint density at radius 1 is 1.02 bits per heavy atom. The number of aromatic nitrogens is 6. The Kier molecular flexibility index (Phi) is 8.77. The van der Waals surface area contributed by atoms with Crippen molar-refractivity contribution in [1.82, 2.24) is 29.1 Å². The fourth-order valence-corrected chi connectivity index (χ4v) is 4.11. The lowest BCUT2D eigenvalue weighted by Gasteiger charge is -2.15. The van der Waals surface area contributed by atoms with Gasteiger partial charge in [-0.3, -0.25) is 9.36 Å². The van der Waals surface area contributed by atoms with Gasteiger partial charge in [-0.2, -0.15) is 31.4 Å². The third-order valence-corrected chi connectivity index (χ3v) is 6.27. The molecule has 0 radical (unpaired) electrons. The molecule has 10 nitrogen and oxygen atoms in total. The largest absolute Gasteiger partial charge is 0.468 e. The first-order valence-electron chi connectivity index (χ1n) is 12.0. The number of carbonyl (C=O) groups excluding carboxylic acids is 1. The number of benzene rings is 2. The highest BCUT2D eigenvalue weighted by atomic mass is 35.5. The van der Waals surface area contributed by atoms with Gasteiger partial charge >= 0.3 is 24.0 Å². The summed E-state index contributed by atoms with van der Waals surface area (Å²) in [7, 11) is 1.09. The summed E-state index contributed by atoms with van der Waals surface area (Å²) in [4.78, 5) is 29.4. The summed E-state index contributed by atoms with van der Waals surface area (Å²) in [5.41, 5.74) is -1.94. The predicted molar refractivity (Wildman–Crippen MR) is 134 cm³/mol. The van der Waals surface area contributed by atoms with Crippen molar-refractivity contribution in [3.8, 4) is 11.4 Å². The minimum Gasteiger partial charge on any atom is -0.468 e. The lowest BCUT2D eigenvalue weighted by molar-refractivity contribution is -0.207.